The molecule has 0 saturated heterocycles. The summed E-state index contributed by atoms with van der Waals surface area (Å²) in [6.07, 6.45) is 0. The van der Waals surface area contributed by atoms with Crippen LogP contribution < -0.4 is 5.32 Å². The van der Waals surface area contributed by atoms with Crippen LogP contribution in [0.25, 0.3) is 0 Å². The average Bonchev–Trinajstić information content (AvgIpc) is 2.63. The van der Waals surface area contributed by atoms with Gasteiger partial charge < -0.3 is 9.73 Å². The molecule has 1 atom stereocenters. The topological polar surface area (TPSA) is 25.2 Å². The van der Waals surface area contributed by atoms with E-state index >= 15 is 0 Å². The van der Waals surface area contributed by atoms with E-state index in [4.69, 9.17) is 4.42 Å². The van der Waals surface area contributed by atoms with E-state index in [2.05, 4.69) is 5.32 Å². The highest BCUT2D eigenvalue weighted by Crippen LogP contribution is 2.33. The predicted molar refractivity (Wildman–Crippen MR) is 70.1 cm³/mol. The van der Waals surface area contributed by atoms with Crippen LogP contribution in [0, 0.1) is 38.2 Å². The summed E-state index contributed by atoms with van der Waals surface area (Å²) in [5.41, 5.74) is 1.67. The first-order valence-corrected chi connectivity index (χ1v) is 6.25. The quantitative estimate of drug-likeness (QED) is 0.863. The van der Waals surface area contributed by atoms with Crippen LogP contribution in [-0.4, -0.2) is 7.05 Å². The molecule has 0 radical (unpaired) electrons. The molecule has 0 bridgehead atoms. The lowest BCUT2D eigenvalue weighted by Crippen LogP contribution is -2.20. The summed E-state index contributed by atoms with van der Waals surface area (Å²) in [7, 11) is 1.63. The third kappa shape index (κ3) is 2.33. The van der Waals surface area contributed by atoms with Crippen LogP contribution in [0.5, 0.6) is 0 Å². The van der Waals surface area contributed by atoms with Crippen LogP contribution in [0.1, 0.15) is 34.3 Å². The lowest BCUT2D eigenvalue weighted by Gasteiger charge is -2.18. The molecule has 1 aromatic heterocycles. The molecular formula is C15H16F3NO. The van der Waals surface area contributed by atoms with Crippen LogP contribution >= 0.6 is 0 Å². The summed E-state index contributed by atoms with van der Waals surface area (Å²) in [5, 5.41) is 2.93. The molecule has 0 aliphatic carbocycles. The number of aryl methyl sites for hydroxylation is 2. The third-order valence-electron chi connectivity index (χ3n) is 3.55. The van der Waals surface area contributed by atoms with Gasteiger partial charge in [0.15, 0.2) is 11.6 Å². The van der Waals surface area contributed by atoms with E-state index in [1.54, 1.807) is 20.9 Å². The Morgan fingerprint density at radius 1 is 0.950 bits per heavy atom. The van der Waals surface area contributed by atoms with Crippen molar-refractivity contribution in [3.63, 3.8) is 0 Å². The lowest BCUT2D eigenvalue weighted by atomic mass is 9.95. The summed E-state index contributed by atoms with van der Waals surface area (Å²) in [6.45, 7) is 5.42. The first kappa shape index (κ1) is 14.7. The SMILES string of the molecule is CNC(c1cc(F)c(F)cc1F)c1c(C)oc(C)c1C. The van der Waals surface area contributed by atoms with E-state index in [0.29, 0.717) is 11.8 Å². The maximum Gasteiger partial charge on any atom is 0.161 e. The molecule has 2 rings (SSSR count). The highest BCUT2D eigenvalue weighted by Gasteiger charge is 2.25. The number of hydrogen-bond acceptors (Lipinski definition) is 2. The van der Waals surface area contributed by atoms with Crippen LogP contribution in [0.15, 0.2) is 16.5 Å². The number of furan rings is 1. The van der Waals surface area contributed by atoms with Gasteiger partial charge in [0.1, 0.15) is 17.3 Å². The zero-order valence-electron chi connectivity index (χ0n) is 11.8. The molecule has 1 heterocycles. The van der Waals surface area contributed by atoms with Gasteiger partial charge in [-0.05, 0) is 39.4 Å². The molecule has 0 spiro atoms. The average molecular weight is 283 g/mol. The third-order valence-corrected chi connectivity index (χ3v) is 3.55. The Balaban J connectivity index is 2.61. The summed E-state index contributed by atoms with van der Waals surface area (Å²) < 4.78 is 45.9. The summed E-state index contributed by atoms with van der Waals surface area (Å²) in [4.78, 5) is 0. The second kappa shape index (κ2) is 5.32. The van der Waals surface area contributed by atoms with Gasteiger partial charge in [0, 0.05) is 17.2 Å². The van der Waals surface area contributed by atoms with Crippen molar-refractivity contribution in [3.8, 4) is 0 Å². The maximum absolute atomic E-state index is 13.9. The van der Waals surface area contributed by atoms with Gasteiger partial charge in [-0.2, -0.15) is 0 Å². The molecule has 2 aromatic rings. The molecule has 108 valence electrons. The van der Waals surface area contributed by atoms with Crippen molar-refractivity contribution in [2.24, 2.45) is 0 Å². The first-order chi connectivity index (χ1) is 9.36. The molecule has 2 nitrogen and oxygen atoms in total. The van der Waals surface area contributed by atoms with Gasteiger partial charge in [0.25, 0.3) is 0 Å². The van der Waals surface area contributed by atoms with Crippen LogP contribution in [0.3, 0.4) is 0 Å². The Bertz CT molecular complexity index is 649. The minimum absolute atomic E-state index is 0.0541. The van der Waals surface area contributed by atoms with Crippen LogP contribution in [0.4, 0.5) is 13.2 Å². The summed E-state index contributed by atoms with van der Waals surface area (Å²) >= 11 is 0. The van der Waals surface area contributed by atoms with Crippen LogP contribution in [-0.2, 0) is 0 Å². The molecule has 0 fully saturated rings. The number of halogens is 3. The minimum Gasteiger partial charge on any atom is -0.466 e. The van der Waals surface area contributed by atoms with Crippen molar-refractivity contribution in [1.29, 1.82) is 0 Å². The molecule has 1 aromatic carbocycles. The van der Waals surface area contributed by atoms with Gasteiger partial charge in [0.2, 0.25) is 0 Å². The van der Waals surface area contributed by atoms with E-state index < -0.39 is 23.5 Å². The Morgan fingerprint density at radius 3 is 2.05 bits per heavy atom. The van der Waals surface area contributed by atoms with Gasteiger partial charge in [-0.25, -0.2) is 13.2 Å². The van der Waals surface area contributed by atoms with Gasteiger partial charge in [0.05, 0.1) is 6.04 Å². The van der Waals surface area contributed by atoms with E-state index in [1.807, 2.05) is 6.92 Å². The second-order valence-electron chi connectivity index (χ2n) is 4.76. The van der Waals surface area contributed by atoms with Gasteiger partial charge in [-0.15, -0.1) is 0 Å². The van der Waals surface area contributed by atoms with E-state index in [-0.39, 0.29) is 5.56 Å². The number of benzene rings is 1. The van der Waals surface area contributed by atoms with E-state index in [0.717, 1.165) is 23.0 Å². The summed E-state index contributed by atoms with van der Waals surface area (Å²) in [6, 6.07) is 0.849. The van der Waals surface area contributed by atoms with E-state index in [9.17, 15) is 13.2 Å². The molecular weight excluding hydrogens is 267 g/mol. The first-order valence-electron chi connectivity index (χ1n) is 6.25. The largest absolute Gasteiger partial charge is 0.466 e. The zero-order valence-corrected chi connectivity index (χ0v) is 11.8. The second-order valence-corrected chi connectivity index (χ2v) is 4.76. The Labute approximate surface area is 115 Å². The van der Waals surface area contributed by atoms with Crippen molar-refractivity contribution >= 4 is 0 Å². The van der Waals surface area contributed by atoms with Crippen molar-refractivity contribution in [2.45, 2.75) is 26.8 Å². The smallest absolute Gasteiger partial charge is 0.161 e. The highest BCUT2D eigenvalue weighted by atomic mass is 19.2. The fourth-order valence-corrected chi connectivity index (χ4v) is 2.45. The predicted octanol–water partition coefficient (Wildman–Crippen LogP) is 3.93. The number of nitrogens with one attached hydrogen (secondary N) is 1. The van der Waals surface area contributed by atoms with Gasteiger partial charge in [-0.3, -0.25) is 0 Å². The van der Waals surface area contributed by atoms with Crippen molar-refractivity contribution < 1.29 is 17.6 Å². The standard InChI is InChI=1S/C15H16F3NO/c1-7-8(2)20-9(3)14(7)15(19-4)10-5-12(17)13(18)6-11(10)16/h5-6,15,19H,1-4H3. The molecule has 0 aliphatic heterocycles. The molecule has 1 unspecified atom stereocenters. The number of rotatable bonds is 3. The lowest BCUT2D eigenvalue weighted by molar-refractivity contribution is 0.478. The van der Waals surface area contributed by atoms with Gasteiger partial charge >= 0.3 is 0 Å². The van der Waals surface area contributed by atoms with Crippen LogP contribution in [0.2, 0.25) is 0 Å². The molecule has 0 aliphatic rings. The fourth-order valence-electron chi connectivity index (χ4n) is 2.45. The van der Waals surface area contributed by atoms with Crippen molar-refractivity contribution in [3.05, 3.63) is 57.8 Å². The van der Waals surface area contributed by atoms with E-state index in [1.165, 1.54) is 0 Å². The molecule has 0 saturated carbocycles. The Morgan fingerprint density at radius 2 is 1.55 bits per heavy atom. The zero-order chi connectivity index (χ0) is 15.0. The van der Waals surface area contributed by atoms with Crippen molar-refractivity contribution in [1.82, 2.24) is 5.32 Å². The fraction of sp³-hybridized carbons (Fsp3) is 0.333. The van der Waals surface area contributed by atoms with Gasteiger partial charge in [-0.1, -0.05) is 0 Å². The van der Waals surface area contributed by atoms with Crippen molar-refractivity contribution in [2.75, 3.05) is 7.05 Å². The minimum atomic E-state index is -1.20. The normalized spacial score (nSPS) is 12.8. The Hall–Kier alpha value is -1.75. The number of hydrogen-bond donors (Lipinski definition) is 1. The monoisotopic (exact) mass is 283 g/mol. The molecule has 0 amide bonds. The Kier molecular flexibility index (Phi) is 3.90. The molecule has 5 heteroatoms. The maximum atomic E-state index is 13.9. The molecule has 20 heavy (non-hydrogen) atoms. The summed E-state index contributed by atoms with van der Waals surface area (Å²) in [5.74, 6) is -1.71. The highest BCUT2D eigenvalue weighted by molar-refractivity contribution is 5.41. The molecule has 1 N–H and O–H groups in total.